The van der Waals surface area contributed by atoms with Gasteiger partial charge in [0, 0.05) is 12.3 Å². The van der Waals surface area contributed by atoms with Crippen LogP contribution in [-0.2, 0) is 9.53 Å². The highest BCUT2D eigenvalue weighted by molar-refractivity contribution is 5.69. The first-order valence-electron chi connectivity index (χ1n) is 4.14. The Balaban J connectivity index is 3.65. The van der Waals surface area contributed by atoms with Crippen molar-refractivity contribution >= 4 is 5.97 Å². The van der Waals surface area contributed by atoms with Crippen LogP contribution in [0.3, 0.4) is 0 Å². The van der Waals surface area contributed by atoms with E-state index in [1.165, 1.54) is 7.11 Å². The Bertz CT molecular complexity index is 179. The SMILES string of the molecule is C#CC(C)C(C)CCC(=O)OC. The Morgan fingerprint density at radius 2 is 2.17 bits per heavy atom. The molecule has 68 valence electrons. The summed E-state index contributed by atoms with van der Waals surface area (Å²) in [7, 11) is 1.40. The maximum atomic E-state index is 10.8. The molecular weight excluding hydrogens is 152 g/mol. The summed E-state index contributed by atoms with van der Waals surface area (Å²) in [5, 5.41) is 0. The monoisotopic (exact) mass is 168 g/mol. The number of ether oxygens (including phenoxy) is 1. The summed E-state index contributed by atoms with van der Waals surface area (Å²) in [4.78, 5) is 10.8. The molecule has 0 saturated heterocycles. The lowest BCUT2D eigenvalue weighted by Crippen LogP contribution is -2.09. The summed E-state index contributed by atoms with van der Waals surface area (Å²) in [6.45, 7) is 4.04. The van der Waals surface area contributed by atoms with Gasteiger partial charge in [0.25, 0.3) is 0 Å². The molecule has 0 N–H and O–H groups in total. The number of hydrogen-bond acceptors (Lipinski definition) is 2. The fraction of sp³-hybridized carbons (Fsp3) is 0.700. The summed E-state index contributed by atoms with van der Waals surface area (Å²) >= 11 is 0. The molecule has 0 radical (unpaired) electrons. The van der Waals surface area contributed by atoms with E-state index < -0.39 is 0 Å². The maximum absolute atomic E-state index is 10.8. The third-order valence-electron chi connectivity index (χ3n) is 2.15. The molecule has 0 saturated carbocycles. The molecule has 0 aromatic rings. The first-order chi connectivity index (χ1) is 5.61. The second kappa shape index (κ2) is 5.65. The lowest BCUT2D eigenvalue weighted by atomic mass is 9.92. The van der Waals surface area contributed by atoms with Crippen LogP contribution < -0.4 is 0 Å². The van der Waals surface area contributed by atoms with Gasteiger partial charge in [-0.2, -0.15) is 0 Å². The van der Waals surface area contributed by atoms with Crippen LogP contribution in [0.1, 0.15) is 26.7 Å². The minimum atomic E-state index is -0.161. The van der Waals surface area contributed by atoms with Crippen LogP contribution in [0.5, 0.6) is 0 Å². The predicted octanol–water partition coefficient (Wildman–Crippen LogP) is 1.84. The van der Waals surface area contributed by atoms with Gasteiger partial charge in [-0.1, -0.05) is 13.8 Å². The molecular formula is C10H16O2. The van der Waals surface area contributed by atoms with Gasteiger partial charge in [0.15, 0.2) is 0 Å². The first-order valence-corrected chi connectivity index (χ1v) is 4.14. The minimum absolute atomic E-state index is 0.161. The smallest absolute Gasteiger partial charge is 0.305 e. The zero-order chi connectivity index (χ0) is 9.56. The van der Waals surface area contributed by atoms with Crippen molar-refractivity contribution in [2.75, 3.05) is 7.11 Å². The van der Waals surface area contributed by atoms with E-state index in [9.17, 15) is 4.79 Å². The van der Waals surface area contributed by atoms with Crippen LogP contribution >= 0.6 is 0 Å². The Kier molecular flexibility index (Phi) is 5.19. The number of hydrogen-bond donors (Lipinski definition) is 0. The third kappa shape index (κ3) is 4.02. The zero-order valence-corrected chi connectivity index (χ0v) is 7.96. The second-order valence-corrected chi connectivity index (χ2v) is 3.05. The van der Waals surface area contributed by atoms with Gasteiger partial charge in [-0.15, -0.1) is 12.3 Å². The van der Waals surface area contributed by atoms with Crippen molar-refractivity contribution in [1.29, 1.82) is 0 Å². The highest BCUT2D eigenvalue weighted by Gasteiger charge is 2.11. The quantitative estimate of drug-likeness (QED) is 0.473. The topological polar surface area (TPSA) is 26.3 Å². The van der Waals surface area contributed by atoms with Crippen LogP contribution in [0.2, 0.25) is 0 Å². The predicted molar refractivity (Wildman–Crippen MR) is 48.4 cm³/mol. The van der Waals surface area contributed by atoms with Crippen molar-refractivity contribution in [3.05, 3.63) is 0 Å². The molecule has 12 heavy (non-hydrogen) atoms. The van der Waals surface area contributed by atoms with E-state index in [2.05, 4.69) is 10.7 Å². The summed E-state index contributed by atoms with van der Waals surface area (Å²) in [5.41, 5.74) is 0. The van der Waals surface area contributed by atoms with Crippen LogP contribution in [0.15, 0.2) is 0 Å². The maximum Gasteiger partial charge on any atom is 0.305 e. The summed E-state index contributed by atoms with van der Waals surface area (Å²) in [6, 6.07) is 0. The van der Waals surface area contributed by atoms with E-state index in [0.717, 1.165) is 6.42 Å². The number of carbonyl (C=O) groups is 1. The highest BCUT2D eigenvalue weighted by atomic mass is 16.5. The van der Waals surface area contributed by atoms with Crippen LogP contribution in [-0.4, -0.2) is 13.1 Å². The first kappa shape index (κ1) is 11.0. The fourth-order valence-electron chi connectivity index (χ4n) is 0.862. The number of methoxy groups -OCH3 is 1. The molecule has 0 aliphatic rings. The summed E-state index contributed by atoms with van der Waals surface area (Å²) < 4.78 is 4.52. The van der Waals surface area contributed by atoms with E-state index in [0.29, 0.717) is 12.3 Å². The molecule has 0 spiro atoms. The van der Waals surface area contributed by atoms with Gasteiger partial charge in [0.2, 0.25) is 0 Å². The number of rotatable bonds is 4. The molecule has 0 fully saturated rings. The van der Waals surface area contributed by atoms with Crippen LogP contribution in [0.25, 0.3) is 0 Å². The van der Waals surface area contributed by atoms with Gasteiger partial charge in [-0.05, 0) is 12.3 Å². The molecule has 0 rings (SSSR count). The van der Waals surface area contributed by atoms with Crippen LogP contribution in [0, 0.1) is 24.2 Å². The van der Waals surface area contributed by atoms with Crippen molar-refractivity contribution in [3.8, 4) is 12.3 Å². The molecule has 2 atom stereocenters. The van der Waals surface area contributed by atoms with Gasteiger partial charge >= 0.3 is 5.97 Å². The van der Waals surface area contributed by atoms with Crippen LogP contribution in [0.4, 0.5) is 0 Å². The molecule has 2 unspecified atom stereocenters. The van der Waals surface area contributed by atoms with Gasteiger partial charge in [0.05, 0.1) is 7.11 Å². The molecule has 2 nitrogen and oxygen atoms in total. The Morgan fingerprint density at radius 3 is 2.58 bits per heavy atom. The van der Waals surface area contributed by atoms with E-state index in [1.807, 2.05) is 13.8 Å². The average Bonchev–Trinajstić information content (AvgIpc) is 2.11. The standard InChI is InChI=1S/C10H16O2/c1-5-8(2)9(3)6-7-10(11)12-4/h1,8-9H,6-7H2,2-4H3. The summed E-state index contributed by atoms with van der Waals surface area (Å²) in [5.74, 6) is 3.11. The van der Waals surface area contributed by atoms with E-state index in [1.54, 1.807) is 0 Å². The van der Waals surface area contributed by atoms with E-state index >= 15 is 0 Å². The van der Waals surface area contributed by atoms with Crippen molar-refractivity contribution in [1.82, 2.24) is 0 Å². The Morgan fingerprint density at radius 1 is 1.58 bits per heavy atom. The number of esters is 1. The second-order valence-electron chi connectivity index (χ2n) is 3.05. The molecule has 2 heteroatoms. The van der Waals surface area contributed by atoms with Crippen molar-refractivity contribution in [3.63, 3.8) is 0 Å². The average molecular weight is 168 g/mol. The zero-order valence-electron chi connectivity index (χ0n) is 7.96. The summed E-state index contributed by atoms with van der Waals surface area (Å²) in [6.07, 6.45) is 6.51. The van der Waals surface area contributed by atoms with Gasteiger partial charge in [-0.3, -0.25) is 4.79 Å². The van der Waals surface area contributed by atoms with E-state index in [-0.39, 0.29) is 11.9 Å². The highest BCUT2D eigenvalue weighted by Crippen LogP contribution is 2.15. The normalized spacial score (nSPS) is 14.5. The molecule has 0 heterocycles. The van der Waals surface area contributed by atoms with Gasteiger partial charge in [0.1, 0.15) is 0 Å². The molecule has 0 aliphatic heterocycles. The van der Waals surface area contributed by atoms with Gasteiger partial charge in [-0.25, -0.2) is 0 Å². The Labute approximate surface area is 74.3 Å². The number of terminal acetylenes is 1. The van der Waals surface area contributed by atoms with E-state index in [4.69, 9.17) is 6.42 Å². The van der Waals surface area contributed by atoms with Crippen molar-refractivity contribution in [2.45, 2.75) is 26.7 Å². The lowest BCUT2D eigenvalue weighted by Gasteiger charge is -2.12. The largest absolute Gasteiger partial charge is 0.469 e. The van der Waals surface area contributed by atoms with Crippen molar-refractivity contribution < 1.29 is 9.53 Å². The molecule has 0 aromatic heterocycles. The molecule has 0 amide bonds. The Hall–Kier alpha value is -0.970. The van der Waals surface area contributed by atoms with Crippen molar-refractivity contribution in [2.24, 2.45) is 11.8 Å². The third-order valence-corrected chi connectivity index (χ3v) is 2.15. The molecule has 0 aliphatic carbocycles. The lowest BCUT2D eigenvalue weighted by molar-refractivity contribution is -0.140. The number of carbonyl (C=O) groups excluding carboxylic acids is 1. The fourth-order valence-corrected chi connectivity index (χ4v) is 0.862. The van der Waals surface area contributed by atoms with Gasteiger partial charge < -0.3 is 4.74 Å². The molecule has 0 aromatic carbocycles. The molecule has 0 bridgehead atoms. The minimum Gasteiger partial charge on any atom is -0.469 e.